The van der Waals surface area contributed by atoms with E-state index >= 15 is 0 Å². The second kappa shape index (κ2) is 19.9. The van der Waals surface area contributed by atoms with Gasteiger partial charge in [-0.3, -0.25) is 0 Å². The highest BCUT2D eigenvalue weighted by Crippen LogP contribution is 1.85. The molecule has 0 unspecified atom stereocenters. The molecule has 0 aliphatic carbocycles. The molecular weight excluding hydrogens is 220 g/mol. The third-order valence-corrected chi connectivity index (χ3v) is 1.42. The van der Waals surface area contributed by atoms with Gasteiger partial charge < -0.3 is 10.6 Å². The molecule has 3 heteroatoms. The molecule has 0 saturated carbocycles. The van der Waals surface area contributed by atoms with Crippen LogP contribution in [-0.2, 0) is 0 Å². The van der Waals surface area contributed by atoms with Crippen LogP contribution >= 0.6 is 12.4 Å². The molecule has 0 aliphatic heterocycles. The molecule has 0 amide bonds. The van der Waals surface area contributed by atoms with Crippen molar-refractivity contribution in [1.29, 1.82) is 0 Å². The lowest BCUT2D eigenvalue weighted by Crippen LogP contribution is -2.18. The molecule has 2 N–H and O–H groups in total. The Morgan fingerprint density at radius 3 is 1.56 bits per heavy atom. The first-order chi connectivity index (χ1) is 7.18. The highest BCUT2D eigenvalue weighted by molar-refractivity contribution is 5.85. The number of nitrogens with one attached hydrogen (secondary N) is 2. The first kappa shape index (κ1) is 20.8. The summed E-state index contributed by atoms with van der Waals surface area (Å²) in [4.78, 5) is 0. The molecule has 0 heterocycles. The van der Waals surface area contributed by atoms with Gasteiger partial charge in [-0.1, -0.05) is 32.1 Å². The van der Waals surface area contributed by atoms with Gasteiger partial charge in [-0.2, -0.15) is 0 Å². The van der Waals surface area contributed by atoms with E-state index in [1.165, 1.54) is 0 Å². The number of halogens is 1. The van der Waals surface area contributed by atoms with Gasteiger partial charge in [-0.25, -0.2) is 0 Å². The van der Waals surface area contributed by atoms with Crippen molar-refractivity contribution >= 4 is 12.4 Å². The van der Waals surface area contributed by atoms with Crippen LogP contribution in [0.3, 0.4) is 0 Å². The van der Waals surface area contributed by atoms with Gasteiger partial charge in [-0.15, -0.1) is 32.1 Å². The molecule has 0 atom stereocenters. The quantitative estimate of drug-likeness (QED) is 0.509. The first-order valence-electron chi connectivity index (χ1n) is 5.43. The predicted molar refractivity (Wildman–Crippen MR) is 78.4 cm³/mol. The Morgan fingerprint density at radius 2 is 1.25 bits per heavy atom. The minimum atomic E-state index is 0. The standard InChI is InChI=1S/C7H15N.C6H11N.ClH/c1-4-5-8-6-7(2)3;1-3-5-7-6-4-2;/h4,7-8H,1,5-6H2,2-3H3;3-4,7H,1-2,5-6H2;1H. The first-order valence-corrected chi connectivity index (χ1v) is 5.43. The normalized spacial score (nSPS) is 8.44. The Bertz CT molecular complexity index is 148. The summed E-state index contributed by atoms with van der Waals surface area (Å²) < 4.78 is 0. The van der Waals surface area contributed by atoms with Crippen LogP contribution in [0.15, 0.2) is 38.0 Å². The van der Waals surface area contributed by atoms with Crippen molar-refractivity contribution < 1.29 is 0 Å². The van der Waals surface area contributed by atoms with Crippen LogP contribution in [0, 0.1) is 5.92 Å². The minimum Gasteiger partial charge on any atom is -0.313 e. The third kappa shape index (κ3) is 29.2. The average Bonchev–Trinajstić information content (AvgIpc) is 2.20. The Labute approximate surface area is 107 Å². The molecule has 0 aromatic rings. The molecule has 96 valence electrons. The van der Waals surface area contributed by atoms with E-state index in [4.69, 9.17) is 0 Å². The van der Waals surface area contributed by atoms with Crippen LogP contribution in [0.25, 0.3) is 0 Å². The van der Waals surface area contributed by atoms with E-state index < -0.39 is 0 Å². The third-order valence-electron chi connectivity index (χ3n) is 1.42. The average molecular weight is 247 g/mol. The van der Waals surface area contributed by atoms with Crippen LogP contribution in [0.2, 0.25) is 0 Å². The van der Waals surface area contributed by atoms with Crippen molar-refractivity contribution in [2.75, 3.05) is 26.2 Å². The largest absolute Gasteiger partial charge is 0.313 e. The summed E-state index contributed by atoms with van der Waals surface area (Å²) in [6.45, 7) is 18.8. The Hall–Kier alpha value is -0.570. The number of hydrogen-bond donors (Lipinski definition) is 2. The summed E-state index contributed by atoms with van der Waals surface area (Å²) in [6, 6.07) is 0. The van der Waals surface area contributed by atoms with Gasteiger partial charge >= 0.3 is 0 Å². The molecule has 0 rings (SSSR count). The van der Waals surface area contributed by atoms with Crippen LogP contribution in [-0.4, -0.2) is 26.2 Å². The van der Waals surface area contributed by atoms with Crippen LogP contribution < -0.4 is 10.6 Å². The van der Waals surface area contributed by atoms with Crippen LogP contribution in [0.5, 0.6) is 0 Å². The SMILES string of the molecule is C=CCNCC(C)C.C=CCNCC=C.Cl. The minimum absolute atomic E-state index is 0. The van der Waals surface area contributed by atoms with Gasteiger partial charge in [0, 0.05) is 19.6 Å². The van der Waals surface area contributed by atoms with Gasteiger partial charge in [0.2, 0.25) is 0 Å². The van der Waals surface area contributed by atoms with E-state index in [2.05, 4.69) is 44.2 Å². The van der Waals surface area contributed by atoms with E-state index in [9.17, 15) is 0 Å². The van der Waals surface area contributed by atoms with E-state index in [1.807, 2.05) is 18.2 Å². The zero-order chi connectivity index (χ0) is 11.9. The maximum absolute atomic E-state index is 3.60. The summed E-state index contributed by atoms with van der Waals surface area (Å²) in [6.07, 6.45) is 5.52. The van der Waals surface area contributed by atoms with E-state index in [0.29, 0.717) is 0 Å². The van der Waals surface area contributed by atoms with E-state index in [-0.39, 0.29) is 12.4 Å². The molecular formula is C13H27ClN2. The molecule has 0 aromatic carbocycles. The van der Waals surface area contributed by atoms with Crippen molar-refractivity contribution in [2.45, 2.75) is 13.8 Å². The van der Waals surface area contributed by atoms with Crippen molar-refractivity contribution in [3.05, 3.63) is 38.0 Å². The zero-order valence-corrected chi connectivity index (χ0v) is 11.5. The summed E-state index contributed by atoms with van der Waals surface area (Å²) in [5.74, 6) is 0.745. The smallest absolute Gasteiger partial charge is 0.0135 e. The van der Waals surface area contributed by atoms with Crippen LogP contribution in [0.1, 0.15) is 13.8 Å². The Balaban J connectivity index is -0.000000200. The Morgan fingerprint density at radius 1 is 0.875 bits per heavy atom. The lowest BCUT2D eigenvalue weighted by atomic mass is 10.2. The molecule has 16 heavy (non-hydrogen) atoms. The summed E-state index contributed by atoms with van der Waals surface area (Å²) in [5, 5.41) is 6.27. The fourth-order valence-corrected chi connectivity index (χ4v) is 0.762. The summed E-state index contributed by atoms with van der Waals surface area (Å²) in [7, 11) is 0. The van der Waals surface area contributed by atoms with Gasteiger partial charge in [-0.05, 0) is 12.5 Å². The predicted octanol–water partition coefficient (Wildman–Crippen LogP) is 2.79. The molecule has 0 fully saturated rings. The highest BCUT2D eigenvalue weighted by atomic mass is 35.5. The topological polar surface area (TPSA) is 24.1 Å². The molecule has 0 aromatic heterocycles. The van der Waals surface area contributed by atoms with Gasteiger partial charge in [0.25, 0.3) is 0 Å². The molecule has 0 radical (unpaired) electrons. The van der Waals surface area contributed by atoms with E-state index in [0.717, 1.165) is 32.1 Å². The number of rotatable bonds is 8. The fourth-order valence-electron chi connectivity index (χ4n) is 0.762. The van der Waals surface area contributed by atoms with E-state index in [1.54, 1.807) is 0 Å². The maximum Gasteiger partial charge on any atom is 0.0135 e. The van der Waals surface area contributed by atoms with Gasteiger partial charge in [0.15, 0.2) is 0 Å². The van der Waals surface area contributed by atoms with Crippen molar-refractivity contribution in [3.8, 4) is 0 Å². The van der Waals surface area contributed by atoms with Crippen molar-refractivity contribution in [3.63, 3.8) is 0 Å². The Kier molecular flexibility index (Phi) is 25.9. The van der Waals surface area contributed by atoms with Crippen LogP contribution in [0.4, 0.5) is 0 Å². The van der Waals surface area contributed by atoms with Gasteiger partial charge in [0.05, 0.1) is 0 Å². The summed E-state index contributed by atoms with van der Waals surface area (Å²) in [5.41, 5.74) is 0. The summed E-state index contributed by atoms with van der Waals surface area (Å²) >= 11 is 0. The second-order valence-corrected chi connectivity index (χ2v) is 3.58. The molecule has 0 aliphatic rings. The highest BCUT2D eigenvalue weighted by Gasteiger charge is 1.87. The monoisotopic (exact) mass is 246 g/mol. The van der Waals surface area contributed by atoms with Crippen molar-refractivity contribution in [2.24, 2.45) is 5.92 Å². The lowest BCUT2D eigenvalue weighted by Gasteiger charge is -2.02. The van der Waals surface area contributed by atoms with Gasteiger partial charge in [0.1, 0.15) is 0 Å². The molecule has 0 saturated heterocycles. The second-order valence-electron chi connectivity index (χ2n) is 3.58. The molecule has 0 bridgehead atoms. The van der Waals surface area contributed by atoms with Crippen molar-refractivity contribution in [1.82, 2.24) is 10.6 Å². The molecule has 2 nitrogen and oxygen atoms in total. The number of hydrogen-bond acceptors (Lipinski definition) is 2. The lowest BCUT2D eigenvalue weighted by molar-refractivity contribution is 0.577. The molecule has 0 spiro atoms. The maximum atomic E-state index is 3.60. The fraction of sp³-hybridized carbons (Fsp3) is 0.538. The zero-order valence-electron chi connectivity index (χ0n) is 10.7.